The van der Waals surface area contributed by atoms with Gasteiger partial charge >= 0.3 is 0 Å². The largest absolute Gasteiger partial charge is 0.465 e. The number of rotatable bonds is 2. The molecule has 1 spiro atoms. The third kappa shape index (κ3) is 3.18. The van der Waals surface area contributed by atoms with Crippen molar-refractivity contribution in [1.29, 1.82) is 0 Å². The molecule has 0 radical (unpaired) electrons. The number of nitrogens with two attached hydrogens (primary N) is 1. The number of pyridine rings is 1. The summed E-state index contributed by atoms with van der Waals surface area (Å²) < 4.78 is 55.1. The number of hydrogen-bond donors (Lipinski definition) is 1. The van der Waals surface area contributed by atoms with Gasteiger partial charge in [-0.05, 0) is 42.3 Å². The van der Waals surface area contributed by atoms with Gasteiger partial charge in [-0.1, -0.05) is 6.07 Å². The molecule has 1 aromatic heterocycles. The van der Waals surface area contributed by atoms with Gasteiger partial charge in [-0.15, -0.1) is 0 Å². The smallest absolute Gasteiger partial charge is 0.283 e. The molecule has 34 heavy (non-hydrogen) atoms. The third-order valence-electron chi connectivity index (χ3n) is 6.69. The molecule has 6 rings (SSSR count). The van der Waals surface area contributed by atoms with Crippen molar-refractivity contribution in [1.82, 2.24) is 4.98 Å². The van der Waals surface area contributed by atoms with Gasteiger partial charge in [0.25, 0.3) is 6.02 Å². The Hall–Kier alpha value is -3.75. The number of fused-ring (bicyclic) bond motifs is 4. The Morgan fingerprint density at radius 3 is 2.76 bits per heavy atom. The lowest BCUT2D eigenvalue weighted by molar-refractivity contribution is 0.218. The van der Waals surface area contributed by atoms with Crippen LogP contribution in [0.2, 0.25) is 0 Å². The lowest BCUT2D eigenvalue weighted by Gasteiger charge is -2.40. The Balaban J connectivity index is 1.57. The van der Waals surface area contributed by atoms with Crippen LogP contribution in [-0.4, -0.2) is 36.9 Å². The van der Waals surface area contributed by atoms with E-state index in [0.29, 0.717) is 53.1 Å². The van der Waals surface area contributed by atoms with E-state index in [4.69, 9.17) is 15.2 Å². The standard InChI is InChI=1S/C25H21F3N4O2/c26-15-5-8-32(13-15)16-11-19-22(20(27)12-16)34-21-4-3-14(17-2-1-7-30-23(17)28)10-18(21)25(19)6-9-33-24(29)31-25/h1-4,7,10-12,15H,5-6,8-9,13H2,(H2,29,31). The molecule has 3 aliphatic rings. The minimum Gasteiger partial charge on any atom is -0.465 e. The number of aliphatic imine (C=N–C) groups is 1. The van der Waals surface area contributed by atoms with Crippen LogP contribution in [0.1, 0.15) is 24.0 Å². The van der Waals surface area contributed by atoms with E-state index in [1.165, 1.54) is 12.3 Å². The van der Waals surface area contributed by atoms with Crippen molar-refractivity contribution in [3.8, 4) is 22.6 Å². The molecule has 0 aliphatic carbocycles. The summed E-state index contributed by atoms with van der Waals surface area (Å²) in [7, 11) is 0. The molecule has 3 aromatic rings. The number of anilines is 1. The Labute approximate surface area is 193 Å². The van der Waals surface area contributed by atoms with Gasteiger partial charge in [0, 0.05) is 54.2 Å². The van der Waals surface area contributed by atoms with Gasteiger partial charge in [0.2, 0.25) is 5.95 Å². The van der Waals surface area contributed by atoms with Crippen LogP contribution in [0.25, 0.3) is 11.1 Å². The minimum absolute atomic E-state index is 0.0289. The first-order chi connectivity index (χ1) is 16.4. The molecular formula is C25H21F3N4O2. The quantitative estimate of drug-likeness (QED) is 0.557. The van der Waals surface area contributed by atoms with E-state index in [2.05, 4.69) is 9.98 Å². The van der Waals surface area contributed by atoms with Gasteiger partial charge in [-0.2, -0.15) is 4.39 Å². The van der Waals surface area contributed by atoms with Crippen LogP contribution in [0, 0.1) is 11.8 Å². The maximum absolute atomic E-state index is 15.4. The molecule has 2 N–H and O–H groups in total. The lowest BCUT2D eigenvalue weighted by Crippen LogP contribution is -2.39. The van der Waals surface area contributed by atoms with Crippen LogP contribution in [0.5, 0.6) is 11.5 Å². The second-order valence-corrected chi connectivity index (χ2v) is 8.70. The summed E-state index contributed by atoms with van der Waals surface area (Å²) in [6.07, 6.45) is 1.18. The number of alkyl halides is 1. The minimum atomic E-state index is -1.11. The molecule has 0 bridgehead atoms. The maximum Gasteiger partial charge on any atom is 0.283 e. The Morgan fingerprint density at radius 2 is 2.00 bits per heavy atom. The highest BCUT2D eigenvalue weighted by atomic mass is 19.1. The van der Waals surface area contributed by atoms with Crippen molar-refractivity contribution in [3.05, 3.63) is 71.6 Å². The van der Waals surface area contributed by atoms with E-state index < -0.39 is 23.5 Å². The van der Waals surface area contributed by atoms with Crippen molar-refractivity contribution in [3.63, 3.8) is 0 Å². The zero-order valence-electron chi connectivity index (χ0n) is 18.1. The highest BCUT2D eigenvalue weighted by Gasteiger charge is 2.46. The van der Waals surface area contributed by atoms with Gasteiger partial charge in [0.1, 0.15) is 17.5 Å². The number of nitrogens with zero attached hydrogens (tertiary/aromatic N) is 3. The molecule has 6 nitrogen and oxygen atoms in total. The number of amidine groups is 1. The van der Waals surface area contributed by atoms with Gasteiger partial charge < -0.3 is 20.1 Å². The number of aromatic nitrogens is 1. The average Bonchev–Trinajstić information content (AvgIpc) is 3.26. The summed E-state index contributed by atoms with van der Waals surface area (Å²) in [5, 5.41) is 0. The van der Waals surface area contributed by atoms with E-state index >= 15 is 4.39 Å². The highest BCUT2D eigenvalue weighted by molar-refractivity contribution is 5.77. The molecule has 0 amide bonds. The summed E-state index contributed by atoms with van der Waals surface area (Å²) in [5.41, 5.74) is 7.45. The summed E-state index contributed by atoms with van der Waals surface area (Å²) in [6.45, 7) is 0.937. The zero-order chi connectivity index (χ0) is 23.4. The number of hydrogen-bond acceptors (Lipinski definition) is 6. The summed E-state index contributed by atoms with van der Waals surface area (Å²) in [6, 6.07) is 11.6. The average molecular weight is 466 g/mol. The first kappa shape index (κ1) is 20.8. The number of halogens is 3. The fourth-order valence-electron chi connectivity index (χ4n) is 5.06. The summed E-state index contributed by atoms with van der Waals surface area (Å²) in [4.78, 5) is 10.2. The van der Waals surface area contributed by atoms with Crippen LogP contribution < -0.4 is 15.4 Å². The van der Waals surface area contributed by atoms with Crippen LogP contribution in [-0.2, 0) is 10.3 Å². The zero-order valence-corrected chi connectivity index (χ0v) is 18.1. The highest BCUT2D eigenvalue weighted by Crippen LogP contribution is 2.54. The maximum atomic E-state index is 15.4. The second-order valence-electron chi connectivity index (χ2n) is 8.70. The van der Waals surface area contributed by atoms with Crippen LogP contribution in [0.4, 0.5) is 18.9 Å². The normalized spacial score (nSPS) is 23.1. The summed E-state index contributed by atoms with van der Waals surface area (Å²) in [5.74, 6) is -0.726. The van der Waals surface area contributed by atoms with Crippen LogP contribution >= 0.6 is 0 Å². The molecule has 1 saturated heterocycles. The topological polar surface area (TPSA) is 73.0 Å². The molecule has 2 atom stereocenters. The molecule has 2 unspecified atom stereocenters. The summed E-state index contributed by atoms with van der Waals surface area (Å²) >= 11 is 0. The molecule has 0 saturated carbocycles. The Bertz CT molecular complexity index is 1330. The molecule has 174 valence electrons. The number of benzene rings is 2. The van der Waals surface area contributed by atoms with Crippen molar-refractivity contribution < 1.29 is 22.6 Å². The van der Waals surface area contributed by atoms with Crippen LogP contribution in [0.3, 0.4) is 0 Å². The molecule has 4 heterocycles. The van der Waals surface area contributed by atoms with Crippen molar-refractivity contribution in [2.24, 2.45) is 10.7 Å². The van der Waals surface area contributed by atoms with Crippen LogP contribution in [0.15, 0.2) is 53.7 Å². The van der Waals surface area contributed by atoms with Crippen molar-refractivity contribution in [2.45, 2.75) is 24.6 Å². The van der Waals surface area contributed by atoms with Crippen molar-refractivity contribution in [2.75, 3.05) is 24.6 Å². The Kier molecular flexibility index (Phi) is 4.68. The predicted octanol–water partition coefficient (Wildman–Crippen LogP) is 4.66. The molecule has 9 heteroatoms. The van der Waals surface area contributed by atoms with E-state index in [0.717, 1.165) is 0 Å². The fourth-order valence-corrected chi connectivity index (χ4v) is 5.06. The second kappa shape index (κ2) is 7.65. The lowest BCUT2D eigenvalue weighted by atomic mass is 9.76. The first-order valence-electron chi connectivity index (χ1n) is 11.1. The van der Waals surface area contributed by atoms with Gasteiger partial charge in [-0.25, -0.2) is 18.8 Å². The molecule has 2 aromatic carbocycles. The third-order valence-corrected chi connectivity index (χ3v) is 6.69. The molecular weight excluding hydrogens is 445 g/mol. The number of ether oxygens (including phenoxy) is 2. The van der Waals surface area contributed by atoms with E-state index in [9.17, 15) is 8.78 Å². The van der Waals surface area contributed by atoms with Gasteiger partial charge in [-0.3, -0.25) is 0 Å². The van der Waals surface area contributed by atoms with Gasteiger partial charge in [0.05, 0.1) is 6.61 Å². The SMILES string of the molecule is NC1=NC2(CCO1)c1cc(-c3cccnc3F)ccc1Oc1c(F)cc(N3CCC(F)C3)cc12. The first-order valence-corrected chi connectivity index (χ1v) is 11.1. The fraction of sp³-hybridized carbons (Fsp3) is 0.280. The van der Waals surface area contributed by atoms with E-state index in [-0.39, 0.29) is 24.9 Å². The van der Waals surface area contributed by atoms with Gasteiger partial charge in [0.15, 0.2) is 11.6 Å². The van der Waals surface area contributed by atoms with E-state index in [1.54, 1.807) is 36.4 Å². The van der Waals surface area contributed by atoms with Crippen molar-refractivity contribution >= 4 is 11.7 Å². The Morgan fingerprint density at radius 1 is 1.12 bits per heavy atom. The molecule has 3 aliphatic heterocycles. The van der Waals surface area contributed by atoms with E-state index in [1.807, 2.05) is 4.90 Å². The predicted molar refractivity (Wildman–Crippen MR) is 121 cm³/mol. The molecule has 1 fully saturated rings. The monoisotopic (exact) mass is 466 g/mol.